The summed E-state index contributed by atoms with van der Waals surface area (Å²) in [6, 6.07) is 20.2. The number of primary sulfonamides is 1. The van der Waals surface area contributed by atoms with Crippen LogP contribution in [0.4, 0.5) is 0 Å². The summed E-state index contributed by atoms with van der Waals surface area (Å²) in [6.45, 7) is 0.460. The van der Waals surface area contributed by atoms with Crippen LogP contribution in [-0.4, -0.2) is 14.3 Å². The number of para-hydroxylation sites is 1. The van der Waals surface area contributed by atoms with Crippen molar-refractivity contribution in [2.24, 2.45) is 5.14 Å². The largest absolute Gasteiger partial charge is 0.488 e. The van der Waals surface area contributed by atoms with E-state index in [1.807, 2.05) is 18.2 Å². The summed E-state index contributed by atoms with van der Waals surface area (Å²) in [5.41, 5.74) is 1.94. The van der Waals surface area contributed by atoms with Gasteiger partial charge in [0.25, 0.3) is 5.91 Å². The van der Waals surface area contributed by atoms with Gasteiger partial charge in [0.15, 0.2) is 0 Å². The molecule has 0 aliphatic heterocycles. The second-order valence-electron chi connectivity index (χ2n) is 6.25. The summed E-state index contributed by atoms with van der Waals surface area (Å²) in [4.78, 5) is 12.6. The fraction of sp³-hybridized carbons (Fsp3) is 0.0952. The lowest BCUT2D eigenvalue weighted by atomic mass is 10.1. The molecule has 0 aliphatic carbocycles. The monoisotopic (exact) mass is 430 g/mol. The summed E-state index contributed by atoms with van der Waals surface area (Å²) >= 11 is 6.14. The molecule has 8 heteroatoms. The minimum Gasteiger partial charge on any atom is -0.488 e. The van der Waals surface area contributed by atoms with Gasteiger partial charge >= 0.3 is 0 Å². The van der Waals surface area contributed by atoms with E-state index in [9.17, 15) is 13.2 Å². The first-order chi connectivity index (χ1) is 13.8. The van der Waals surface area contributed by atoms with Crippen LogP contribution >= 0.6 is 11.6 Å². The quantitative estimate of drug-likeness (QED) is 0.599. The standard InChI is InChI=1S/C21H19ClN2O4S/c22-19-7-3-1-5-16(19)14-28-20-8-4-2-6-18(20)21(25)24-13-15-9-11-17(12-10-15)29(23,26)27/h1-12H,13-14H2,(H,24,25)(H2,23,26,27). The maximum atomic E-state index is 12.6. The van der Waals surface area contributed by atoms with Crippen LogP contribution in [-0.2, 0) is 23.2 Å². The molecule has 0 bridgehead atoms. The van der Waals surface area contributed by atoms with Gasteiger partial charge in [0.05, 0.1) is 10.5 Å². The Labute approximate surface area is 174 Å². The zero-order valence-electron chi connectivity index (χ0n) is 15.3. The van der Waals surface area contributed by atoms with E-state index in [0.717, 1.165) is 11.1 Å². The van der Waals surface area contributed by atoms with E-state index in [1.54, 1.807) is 42.5 Å². The third-order valence-corrected chi connectivity index (χ3v) is 5.48. The van der Waals surface area contributed by atoms with Gasteiger partial charge in [-0.15, -0.1) is 0 Å². The third-order valence-electron chi connectivity index (χ3n) is 4.18. The van der Waals surface area contributed by atoms with E-state index in [0.29, 0.717) is 16.3 Å². The molecule has 0 spiro atoms. The molecule has 3 aromatic carbocycles. The number of nitrogens with one attached hydrogen (secondary N) is 1. The molecule has 3 rings (SSSR count). The number of ether oxygens (including phenoxy) is 1. The number of nitrogens with two attached hydrogens (primary N) is 1. The van der Waals surface area contributed by atoms with E-state index in [-0.39, 0.29) is 24.0 Å². The Hall–Kier alpha value is -2.87. The predicted molar refractivity (Wildman–Crippen MR) is 111 cm³/mol. The first-order valence-corrected chi connectivity index (χ1v) is 10.6. The Morgan fingerprint density at radius 3 is 2.31 bits per heavy atom. The molecule has 0 heterocycles. The first kappa shape index (κ1) is 20.9. The Kier molecular flexibility index (Phi) is 6.53. The number of sulfonamides is 1. The summed E-state index contributed by atoms with van der Waals surface area (Å²) in [7, 11) is -3.75. The normalized spacial score (nSPS) is 11.1. The molecule has 3 aromatic rings. The third kappa shape index (κ3) is 5.57. The maximum absolute atomic E-state index is 12.6. The van der Waals surface area contributed by atoms with Crippen LogP contribution in [0.15, 0.2) is 77.7 Å². The van der Waals surface area contributed by atoms with Crippen LogP contribution in [0.3, 0.4) is 0 Å². The second kappa shape index (κ2) is 9.09. The van der Waals surface area contributed by atoms with E-state index in [1.165, 1.54) is 12.1 Å². The smallest absolute Gasteiger partial charge is 0.255 e. The average molecular weight is 431 g/mol. The van der Waals surface area contributed by atoms with Crippen molar-refractivity contribution in [1.29, 1.82) is 0 Å². The van der Waals surface area contributed by atoms with Crippen LogP contribution in [0.1, 0.15) is 21.5 Å². The van der Waals surface area contributed by atoms with Crippen molar-refractivity contribution in [2.45, 2.75) is 18.0 Å². The highest BCUT2D eigenvalue weighted by molar-refractivity contribution is 7.89. The highest BCUT2D eigenvalue weighted by Gasteiger charge is 2.13. The van der Waals surface area contributed by atoms with E-state index in [2.05, 4.69) is 5.32 Å². The van der Waals surface area contributed by atoms with Gasteiger partial charge in [0.2, 0.25) is 10.0 Å². The lowest BCUT2D eigenvalue weighted by Crippen LogP contribution is -2.23. The van der Waals surface area contributed by atoms with Crippen molar-refractivity contribution >= 4 is 27.5 Å². The molecule has 0 aliphatic rings. The van der Waals surface area contributed by atoms with Gasteiger partial charge in [-0.2, -0.15) is 0 Å². The summed E-state index contributed by atoms with van der Waals surface area (Å²) in [5.74, 6) is 0.129. The number of amides is 1. The molecule has 0 saturated carbocycles. The molecule has 0 fully saturated rings. The summed E-state index contributed by atoms with van der Waals surface area (Å²) < 4.78 is 28.4. The Morgan fingerprint density at radius 1 is 0.966 bits per heavy atom. The fourth-order valence-corrected chi connectivity index (χ4v) is 3.33. The molecule has 0 unspecified atom stereocenters. The number of halogens is 1. The number of hydrogen-bond acceptors (Lipinski definition) is 4. The SMILES string of the molecule is NS(=O)(=O)c1ccc(CNC(=O)c2ccccc2OCc2ccccc2Cl)cc1. The molecular formula is C21H19ClN2O4S. The maximum Gasteiger partial charge on any atom is 0.255 e. The summed E-state index contributed by atoms with van der Waals surface area (Å²) in [5, 5.41) is 8.47. The van der Waals surface area contributed by atoms with Crippen molar-refractivity contribution in [1.82, 2.24) is 5.32 Å². The second-order valence-corrected chi connectivity index (χ2v) is 8.22. The zero-order chi connectivity index (χ0) is 20.9. The lowest BCUT2D eigenvalue weighted by molar-refractivity contribution is 0.0946. The van der Waals surface area contributed by atoms with Gasteiger partial charge in [-0.05, 0) is 35.9 Å². The number of carbonyl (C=O) groups excluding carboxylic acids is 1. The Morgan fingerprint density at radius 2 is 1.62 bits per heavy atom. The van der Waals surface area contributed by atoms with Gasteiger partial charge in [-0.1, -0.05) is 54.1 Å². The van der Waals surface area contributed by atoms with Gasteiger partial charge in [-0.3, -0.25) is 4.79 Å². The molecule has 0 saturated heterocycles. The number of benzene rings is 3. The average Bonchev–Trinajstić information content (AvgIpc) is 2.71. The van der Waals surface area contributed by atoms with Crippen LogP contribution in [0.5, 0.6) is 5.75 Å². The van der Waals surface area contributed by atoms with Crippen LogP contribution in [0.25, 0.3) is 0 Å². The molecule has 0 atom stereocenters. The Balaban J connectivity index is 1.66. The zero-order valence-corrected chi connectivity index (χ0v) is 16.9. The van der Waals surface area contributed by atoms with Crippen molar-refractivity contribution in [3.05, 3.63) is 94.5 Å². The first-order valence-electron chi connectivity index (χ1n) is 8.70. The van der Waals surface area contributed by atoms with E-state index < -0.39 is 10.0 Å². The minimum atomic E-state index is -3.75. The molecule has 3 N–H and O–H groups in total. The van der Waals surface area contributed by atoms with Gasteiger partial charge in [-0.25, -0.2) is 13.6 Å². The summed E-state index contributed by atoms with van der Waals surface area (Å²) in [6.07, 6.45) is 0. The van der Waals surface area contributed by atoms with Gasteiger partial charge < -0.3 is 10.1 Å². The molecule has 29 heavy (non-hydrogen) atoms. The van der Waals surface area contributed by atoms with Gasteiger partial charge in [0, 0.05) is 17.1 Å². The molecular weight excluding hydrogens is 412 g/mol. The van der Waals surface area contributed by atoms with Crippen molar-refractivity contribution in [3.8, 4) is 5.75 Å². The van der Waals surface area contributed by atoms with Crippen molar-refractivity contribution in [2.75, 3.05) is 0 Å². The lowest BCUT2D eigenvalue weighted by Gasteiger charge is -2.12. The minimum absolute atomic E-state index is 0.0193. The molecule has 6 nitrogen and oxygen atoms in total. The number of rotatable bonds is 7. The topological polar surface area (TPSA) is 98.5 Å². The van der Waals surface area contributed by atoms with Crippen LogP contribution in [0.2, 0.25) is 5.02 Å². The Bertz CT molecular complexity index is 1120. The van der Waals surface area contributed by atoms with Crippen molar-refractivity contribution in [3.63, 3.8) is 0 Å². The highest BCUT2D eigenvalue weighted by atomic mass is 35.5. The van der Waals surface area contributed by atoms with E-state index >= 15 is 0 Å². The molecule has 1 amide bonds. The molecule has 0 radical (unpaired) electrons. The van der Waals surface area contributed by atoms with Gasteiger partial charge in [0.1, 0.15) is 12.4 Å². The molecule has 150 valence electrons. The van der Waals surface area contributed by atoms with Crippen LogP contribution in [0, 0.1) is 0 Å². The van der Waals surface area contributed by atoms with Crippen molar-refractivity contribution < 1.29 is 17.9 Å². The highest BCUT2D eigenvalue weighted by Crippen LogP contribution is 2.22. The predicted octanol–water partition coefficient (Wildman–Crippen LogP) is 3.50. The number of carbonyl (C=O) groups is 1. The van der Waals surface area contributed by atoms with Crippen LogP contribution < -0.4 is 15.2 Å². The molecule has 0 aromatic heterocycles. The number of hydrogen-bond donors (Lipinski definition) is 2. The fourth-order valence-electron chi connectivity index (χ4n) is 2.63. The van der Waals surface area contributed by atoms with E-state index in [4.69, 9.17) is 21.5 Å².